The van der Waals surface area contributed by atoms with Gasteiger partial charge in [0.05, 0.1) is 5.92 Å². The Hall–Kier alpha value is -1.06. The normalized spacial score (nSPS) is 18.5. The molecule has 1 amide bonds. The minimum Gasteiger partial charge on any atom is -0.341 e. The first kappa shape index (κ1) is 16.0. The molecule has 2 rings (SSSR count). The Morgan fingerprint density at radius 2 is 2.16 bits per heavy atom. The first-order valence-corrected chi connectivity index (χ1v) is 6.68. The van der Waals surface area contributed by atoms with Crippen LogP contribution in [0.15, 0.2) is 24.3 Å². The maximum absolute atomic E-state index is 12.3. The maximum atomic E-state index is 12.3. The number of nitrogens with zero attached hydrogens (tertiary/aromatic N) is 1. The molecular weight excluding hydrogens is 260 g/mol. The van der Waals surface area contributed by atoms with Crippen LogP contribution in [-0.2, 0) is 11.3 Å². The van der Waals surface area contributed by atoms with E-state index in [2.05, 4.69) is 24.4 Å². The van der Waals surface area contributed by atoms with Crippen molar-refractivity contribution < 1.29 is 4.79 Å². The first-order valence-electron chi connectivity index (χ1n) is 6.68. The third-order valence-electron chi connectivity index (χ3n) is 3.69. The SMILES string of the molecule is Cc1ccccc1CN(C)C(=O)C1CCCNC1.Cl. The number of carbonyl (C=O) groups is 1. The molecule has 3 nitrogen and oxygen atoms in total. The lowest BCUT2D eigenvalue weighted by Gasteiger charge is -2.27. The van der Waals surface area contributed by atoms with Gasteiger partial charge in [0.25, 0.3) is 0 Å². The van der Waals surface area contributed by atoms with Crippen LogP contribution in [0.1, 0.15) is 24.0 Å². The molecular formula is C15H23ClN2O. The average molecular weight is 283 g/mol. The third-order valence-corrected chi connectivity index (χ3v) is 3.69. The zero-order valence-corrected chi connectivity index (χ0v) is 12.5. The lowest BCUT2D eigenvalue weighted by atomic mass is 9.98. The number of amides is 1. The molecule has 1 aromatic rings. The zero-order chi connectivity index (χ0) is 13.0. The van der Waals surface area contributed by atoms with Gasteiger partial charge in [-0.15, -0.1) is 12.4 Å². The quantitative estimate of drug-likeness (QED) is 0.923. The molecule has 0 radical (unpaired) electrons. The summed E-state index contributed by atoms with van der Waals surface area (Å²) in [5.41, 5.74) is 2.48. The summed E-state index contributed by atoms with van der Waals surface area (Å²) in [6.07, 6.45) is 2.12. The number of aryl methyl sites for hydroxylation is 1. The Morgan fingerprint density at radius 3 is 2.79 bits per heavy atom. The largest absolute Gasteiger partial charge is 0.341 e. The molecule has 0 aromatic heterocycles. The second-order valence-electron chi connectivity index (χ2n) is 5.16. The predicted octanol–water partition coefficient (Wildman–Crippen LogP) is 2.37. The molecule has 1 N–H and O–H groups in total. The van der Waals surface area contributed by atoms with Gasteiger partial charge in [0.1, 0.15) is 0 Å². The number of hydrogen-bond acceptors (Lipinski definition) is 2. The highest BCUT2D eigenvalue weighted by Crippen LogP contribution is 2.15. The van der Waals surface area contributed by atoms with E-state index in [1.165, 1.54) is 11.1 Å². The maximum Gasteiger partial charge on any atom is 0.227 e. The molecule has 0 aliphatic carbocycles. The summed E-state index contributed by atoms with van der Waals surface area (Å²) in [4.78, 5) is 14.2. The Balaban J connectivity index is 0.00000180. The summed E-state index contributed by atoms with van der Waals surface area (Å²) >= 11 is 0. The van der Waals surface area contributed by atoms with Gasteiger partial charge in [0, 0.05) is 20.1 Å². The third kappa shape index (κ3) is 4.22. The van der Waals surface area contributed by atoms with E-state index in [0.717, 1.165) is 25.9 Å². The highest BCUT2D eigenvalue weighted by atomic mass is 35.5. The average Bonchev–Trinajstić information content (AvgIpc) is 2.41. The minimum absolute atomic E-state index is 0. The van der Waals surface area contributed by atoms with Gasteiger partial charge in [-0.05, 0) is 37.4 Å². The number of carbonyl (C=O) groups excluding carboxylic acids is 1. The number of rotatable bonds is 3. The van der Waals surface area contributed by atoms with Gasteiger partial charge in [-0.1, -0.05) is 24.3 Å². The van der Waals surface area contributed by atoms with Gasteiger partial charge in [0.2, 0.25) is 5.91 Å². The lowest BCUT2D eigenvalue weighted by Crippen LogP contribution is -2.41. The fraction of sp³-hybridized carbons (Fsp3) is 0.533. The van der Waals surface area contributed by atoms with Crippen LogP contribution in [0.3, 0.4) is 0 Å². The molecule has 1 aromatic carbocycles. The Bertz CT molecular complexity index is 416. The molecule has 0 saturated carbocycles. The highest BCUT2D eigenvalue weighted by Gasteiger charge is 2.23. The molecule has 1 heterocycles. The van der Waals surface area contributed by atoms with Crippen LogP contribution in [0.5, 0.6) is 0 Å². The molecule has 19 heavy (non-hydrogen) atoms. The summed E-state index contributed by atoms with van der Waals surface area (Å²) in [6, 6.07) is 8.25. The van der Waals surface area contributed by atoms with Crippen molar-refractivity contribution in [3.05, 3.63) is 35.4 Å². The van der Waals surface area contributed by atoms with E-state index in [1.54, 1.807) is 0 Å². The second kappa shape index (κ2) is 7.51. The Morgan fingerprint density at radius 1 is 1.42 bits per heavy atom. The van der Waals surface area contributed by atoms with E-state index in [1.807, 2.05) is 24.1 Å². The van der Waals surface area contributed by atoms with Gasteiger partial charge in [-0.2, -0.15) is 0 Å². The smallest absolute Gasteiger partial charge is 0.227 e. The molecule has 1 saturated heterocycles. The summed E-state index contributed by atoms with van der Waals surface area (Å²) < 4.78 is 0. The monoisotopic (exact) mass is 282 g/mol. The summed E-state index contributed by atoms with van der Waals surface area (Å²) in [7, 11) is 1.91. The van der Waals surface area contributed by atoms with Gasteiger partial charge in [0.15, 0.2) is 0 Å². The molecule has 106 valence electrons. The molecule has 4 heteroatoms. The van der Waals surface area contributed by atoms with Crippen LogP contribution in [0.4, 0.5) is 0 Å². The predicted molar refractivity (Wildman–Crippen MR) is 80.5 cm³/mol. The van der Waals surface area contributed by atoms with Crippen molar-refractivity contribution in [2.75, 3.05) is 20.1 Å². The van der Waals surface area contributed by atoms with E-state index in [9.17, 15) is 4.79 Å². The van der Waals surface area contributed by atoms with Crippen molar-refractivity contribution in [3.8, 4) is 0 Å². The number of benzene rings is 1. The van der Waals surface area contributed by atoms with Crippen LogP contribution in [0, 0.1) is 12.8 Å². The van der Waals surface area contributed by atoms with Crippen LogP contribution < -0.4 is 5.32 Å². The Labute approximate surface area is 121 Å². The number of piperidine rings is 1. The summed E-state index contributed by atoms with van der Waals surface area (Å²) in [5.74, 6) is 0.429. The van der Waals surface area contributed by atoms with Crippen molar-refractivity contribution in [2.45, 2.75) is 26.3 Å². The van der Waals surface area contributed by atoms with Crippen LogP contribution in [0.2, 0.25) is 0 Å². The van der Waals surface area contributed by atoms with E-state index < -0.39 is 0 Å². The standard InChI is InChI=1S/C15H22N2O.ClH/c1-12-6-3-4-7-14(12)11-17(2)15(18)13-8-5-9-16-10-13;/h3-4,6-7,13,16H,5,8-11H2,1-2H3;1H. The van der Waals surface area contributed by atoms with E-state index in [0.29, 0.717) is 6.54 Å². The number of nitrogens with one attached hydrogen (secondary N) is 1. The van der Waals surface area contributed by atoms with Crippen LogP contribution >= 0.6 is 12.4 Å². The molecule has 0 spiro atoms. The molecule has 1 fully saturated rings. The second-order valence-corrected chi connectivity index (χ2v) is 5.16. The first-order chi connectivity index (χ1) is 8.68. The zero-order valence-electron chi connectivity index (χ0n) is 11.7. The van der Waals surface area contributed by atoms with Crippen molar-refractivity contribution in [2.24, 2.45) is 5.92 Å². The molecule has 0 bridgehead atoms. The number of hydrogen-bond donors (Lipinski definition) is 1. The minimum atomic E-state index is 0. The van der Waals surface area contributed by atoms with E-state index in [-0.39, 0.29) is 24.2 Å². The number of halogens is 1. The highest BCUT2D eigenvalue weighted by molar-refractivity contribution is 5.85. The van der Waals surface area contributed by atoms with Crippen LogP contribution in [0.25, 0.3) is 0 Å². The van der Waals surface area contributed by atoms with Gasteiger partial charge in [-0.25, -0.2) is 0 Å². The molecule has 1 aliphatic heterocycles. The topological polar surface area (TPSA) is 32.3 Å². The van der Waals surface area contributed by atoms with Crippen molar-refractivity contribution in [1.82, 2.24) is 10.2 Å². The lowest BCUT2D eigenvalue weighted by molar-refractivity contribution is -0.135. The van der Waals surface area contributed by atoms with Crippen molar-refractivity contribution >= 4 is 18.3 Å². The van der Waals surface area contributed by atoms with Crippen LogP contribution in [-0.4, -0.2) is 30.9 Å². The van der Waals surface area contributed by atoms with Gasteiger partial charge in [-0.3, -0.25) is 4.79 Å². The molecule has 1 aliphatic rings. The molecule has 1 atom stereocenters. The van der Waals surface area contributed by atoms with Crippen molar-refractivity contribution in [3.63, 3.8) is 0 Å². The van der Waals surface area contributed by atoms with Gasteiger partial charge < -0.3 is 10.2 Å². The van der Waals surface area contributed by atoms with E-state index in [4.69, 9.17) is 0 Å². The van der Waals surface area contributed by atoms with Crippen molar-refractivity contribution in [1.29, 1.82) is 0 Å². The Kier molecular flexibility index (Phi) is 6.32. The fourth-order valence-electron chi connectivity index (χ4n) is 2.50. The fourth-order valence-corrected chi connectivity index (χ4v) is 2.50. The van der Waals surface area contributed by atoms with Gasteiger partial charge >= 0.3 is 0 Å². The van der Waals surface area contributed by atoms with E-state index >= 15 is 0 Å². The summed E-state index contributed by atoms with van der Waals surface area (Å²) in [6.45, 7) is 4.68. The summed E-state index contributed by atoms with van der Waals surface area (Å²) in [5, 5.41) is 3.30. The molecule has 1 unspecified atom stereocenters.